The second-order valence-electron chi connectivity index (χ2n) is 9.51. The van der Waals surface area contributed by atoms with Crippen molar-refractivity contribution < 1.29 is 19.0 Å². The average molecular weight is 634 g/mol. The third kappa shape index (κ3) is 5.93. The number of carbonyl (C=O) groups is 1. The summed E-state index contributed by atoms with van der Waals surface area (Å²) in [6.07, 6.45) is 5.00. The molecule has 0 radical (unpaired) electrons. The first kappa shape index (κ1) is 27.9. The highest BCUT2D eigenvalue weighted by Gasteiger charge is 2.37. The summed E-state index contributed by atoms with van der Waals surface area (Å²) in [7, 11) is 3.17. The lowest BCUT2D eigenvalue weighted by molar-refractivity contribution is -0.146. The molecule has 1 unspecified atom stereocenters. The molecule has 2 aromatic carbocycles. The van der Waals surface area contributed by atoms with Gasteiger partial charge in [0.2, 0.25) is 11.1 Å². The maximum atomic E-state index is 13.7. The Balaban J connectivity index is 1.53. The van der Waals surface area contributed by atoms with Crippen LogP contribution in [0.15, 0.2) is 57.3 Å². The molecule has 8 nitrogen and oxygen atoms in total. The predicted octanol–water partition coefficient (Wildman–Crippen LogP) is 7.17. The van der Waals surface area contributed by atoms with Gasteiger partial charge < -0.3 is 19.5 Å². The van der Waals surface area contributed by atoms with Gasteiger partial charge in [-0.25, -0.2) is 9.48 Å². The summed E-state index contributed by atoms with van der Waals surface area (Å²) in [5, 5.41) is 9.38. The Morgan fingerprint density at radius 1 is 1.18 bits per heavy atom. The Kier molecular flexibility index (Phi) is 8.73. The van der Waals surface area contributed by atoms with Crippen LogP contribution in [-0.2, 0) is 15.3 Å². The second kappa shape index (κ2) is 12.2. The van der Waals surface area contributed by atoms with Crippen LogP contribution in [-0.4, -0.2) is 41.1 Å². The Morgan fingerprint density at radius 3 is 2.67 bits per heavy atom. The molecular weight excluding hydrogens is 604 g/mol. The fourth-order valence-corrected chi connectivity index (χ4v) is 6.75. The number of methoxy groups -OCH3 is 2. The molecule has 1 N–H and O–H groups in total. The van der Waals surface area contributed by atoms with Gasteiger partial charge in [-0.3, -0.25) is 0 Å². The van der Waals surface area contributed by atoms with Crippen molar-refractivity contribution >= 4 is 51.2 Å². The zero-order valence-corrected chi connectivity index (χ0v) is 25.2. The molecule has 1 aliphatic carbocycles. The zero-order valence-electron chi connectivity index (χ0n) is 22.0. The van der Waals surface area contributed by atoms with E-state index in [0.29, 0.717) is 49.1 Å². The van der Waals surface area contributed by atoms with Gasteiger partial charge in [-0.15, -0.1) is 5.10 Å². The average Bonchev–Trinajstić information content (AvgIpc) is 3.34. The number of nitrogens with zero attached hydrogens (tertiary/aromatic N) is 3. The normalized spacial score (nSPS) is 17.4. The molecule has 39 heavy (non-hydrogen) atoms. The van der Waals surface area contributed by atoms with Crippen LogP contribution >= 0.6 is 39.3 Å². The van der Waals surface area contributed by atoms with Crippen molar-refractivity contribution in [1.82, 2.24) is 14.8 Å². The fraction of sp³-hybridized carbons (Fsp3) is 0.393. The third-order valence-corrected chi connectivity index (χ3v) is 8.81. The molecule has 1 aromatic heterocycles. The maximum Gasteiger partial charge on any atom is 0.338 e. The van der Waals surface area contributed by atoms with E-state index in [-0.39, 0.29) is 12.1 Å². The zero-order chi connectivity index (χ0) is 27.5. The molecule has 0 bridgehead atoms. The van der Waals surface area contributed by atoms with Gasteiger partial charge in [0.05, 0.1) is 24.3 Å². The first-order chi connectivity index (χ1) is 18.9. The maximum absolute atomic E-state index is 13.7. The van der Waals surface area contributed by atoms with Crippen molar-refractivity contribution in [3.05, 3.63) is 68.3 Å². The van der Waals surface area contributed by atoms with Crippen molar-refractivity contribution in [2.75, 3.05) is 19.5 Å². The van der Waals surface area contributed by atoms with Crippen LogP contribution in [0.4, 0.5) is 5.95 Å². The summed E-state index contributed by atoms with van der Waals surface area (Å²) in [5.41, 5.74) is 2.94. The first-order valence-corrected chi connectivity index (χ1v) is 15.0. The van der Waals surface area contributed by atoms with Crippen LogP contribution in [0.5, 0.6) is 11.5 Å². The Bertz CT molecular complexity index is 1410. The number of allylic oxidation sites excluding steroid dienone is 1. The number of carbonyl (C=O) groups excluding carboxylic acids is 1. The quantitative estimate of drug-likeness (QED) is 0.206. The number of aromatic nitrogens is 3. The number of thioether (sulfide) groups is 1. The lowest BCUT2D eigenvalue weighted by atomic mass is 9.94. The van der Waals surface area contributed by atoms with Crippen LogP contribution < -0.4 is 14.8 Å². The summed E-state index contributed by atoms with van der Waals surface area (Å²) in [5.74, 6) is 1.90. The van der Waals surface area contributed by atoms with E-state index in [4.69, 9.17) is 35.9 Å². The number of fused-ring (bicyclic) bond motifs is 1. The van der Waals surface area contributed by atoms with Crippen molar-refractivity contribution in [3.8, 4) is 11.5 Å². The smallest absolute Gasteiger partial charge is 0.338 e. The van der Waals surface area contributed by atoms with Crippen molar-refractivity contribution in [2.45, 2.75) is 62.1 Å². The van der Waals surface area contributed by atoms with E-state index in [9.17, 15) is 4.79 Å². The standard InChI is InChI=1S/C28H30BrClN4O4S/c1-16-23(26(35)38-19-10-5-4-6-11-19)24(18-13-20(29)25(37-3)22(14-18)36-2)34-27(31-16)32-28(33-34)39-15-17-9-7-8-12-21(17)30/h7-9,12-14,19,24H,4-6,10-11,15H2,1-3H3,(H,31,32,33). The molecule has 2 aliphatic rings. The minimum Gasteiger partial charge on any atom is -0.493 e. The number of nitrogens with one attached hydrogen (secondary N) is 1. The summed E-state index contributed by atoms with van der Waals surface area (Å²) >= 11 is 11.4. The first-order valence-electron chi connectivity index (χ1n) is 12.8. The van der Waals surface area contributed by atoms with Crippen LogP contribution in [0.1, 0.15) is 56.2 Å². The van der Waals surface area contributed by atoms with Crippen molar-refractivity contribution in [3.63, 3.8) is 0 Å². The van der Waals surface area contributed by atoms with Crippen molar-refractivity contribution in [2.24, 2.45) is 0 Å². The van der Waals surface area contributed by atoms with Gasteiger partial charge in [0.25, 0.3) is 0 Å². The van der Waals surface area contributed by atoms with E-state index in [1.807, 2.05) is 43.3 Å². The van der Waals surface area contributed by atoms with Gasteiger partial charge in [0, 0.05) is 16.5 Å². The van der Waals surface area contributed by atoms with Gasteiger partial charge in [0.15, 0.2) is 11.5 Å². The van der Waals surface area contributed by atoms with Crippen LogP contribution in [0, 0.1) is 0 Å². The highest BCUT2D eigenvalue weighted by atomic mass is 79.9. The molecule has 1 atom stereocenters. The van der Waals surface area contributed by atoms with Gasteiger partial charge in [0.1, 0.15) is 12.1 Å². The monoisotopic (exact) mass is 632 g/mol. The minimum absolute atomic E-state index is 0.0804. The van der Waals surface area contributed by atoms with E-state index < -0.39 is 6.04 Å². The third-order valence-electron chi connectivity index (χ3n) is 6.97. The number of esters is 1. The molecule has 0 amide bonds. The van der Waals surface area contributed by atoms with Crippen LogP contribution in [0.3, 0.4) is 0 Å². The highest BCUT2D eigenvalue weighted by Crippen LogP contribution is 2.43. The number of ether oxygens (including phenoxy) is 3. The van der Waals surface area contributed by atoms with E-state index >= 15 is 0 Å². The molecule has 5 rings (SSSR count). The number of hydrogen-bond acceptors (Lipinski definition) is 8. The molecule has 2 heterocycles. The van der Waals surface area contributed by atoms with E-state index in [0.717, 1.165) is 36.8 Å². The number of benzene rings is 2. The fourth-order valence-electron chi connectivity index (χ4n) is 5.02. The van der Waals surface area contributed by atoms with Crippen molar-refractivity contribution in [1.29, 1.82) is 0 Å². The largest absolute Gasteiger partial charge is 0.493 e. The van der Waals surface area contributed by atoms with E-state index in [2.05, 4.69) is 21.2 Å². The van der Waals surface area contributed by atoms with Gasteiger partial charge in [-0.2, -0.15) is 4.98 Å². The van der Waals surface area contributed by atoms with E-state index in [1.165, 1.54) is 18.2 Å². The predicted molar refractivity (Wildman–Crippen MR) is 156 cm³/mol. The number of halogens is 2. The number of hydrogen-bond donors (Lipinski definition) is 1. The van der Waals surface area contributed by atoms with Gasteiger partial charge >= 0.3 is 5.97 Å². The molecular formula is C28H30BrClN4O4S. The highest BCUT2D eigenvalue weighted by molar-refractivity contribution is 9.10. The summed E-state index contributed by atoms with van der Waals surface area (Å²) in [6.45, 7) is 1.87. The number of anilines is 1. The van der Waals surface area contributed by atoms with Crippen LogP contribution in [0.2, 0.25) is 5.02 Å². The van der Waals surface area contributed by atoms with E-state index in [1.54, 1.807) is 18.9 Å². The molecule has 1 saturated carbocycles. The lowest BCUT2D eigenvalue weighted by Crippen LogP contribution is -2.32. The van der Waals surface area contributed by atoms with Crippen LogP contribution in [0.25, 0.3) is 0 Å². The Morgan fingerprint density at radius 2 is 1.95 bits per heavy atom. The lowest BCUT2D eigenvalue weighted by Gasteiger charge is -2.30. The Hall–Kier alpha value is -2.69. The van der Waals surface area contributed by atoms with Gasteiger partial charge in [-0.1, -0.05) is 48.0 Å². The topological polar surface area (TPSA) is 87.5 Å². The van der Waals surface area contributed by atoms with Gasteiger partial charge in [-0.05, 0) is 77.9 Å². The SMILES string of the molecule is COc1cc(C2C(C(=O)OC3CCCCC3)=C(C)Nc3nc(SCc4ccccc4Cl)nn32)cc(Br)c1OC. The summed E-state index contributed by atoms with van der Waals surface area (Å²) < 4.78 is 19.6. The molecule has 11 heteroatoms. The molecule has 0 spiro atoms. The summed E-state index contributed by atoms with van der Waals surface area (Å²) in [4.78, 5) is 18.5. The minimum atomic E-state index is -0.587. The second-order valence-corrected chi connectivity index (χ2v) is 11.7. The molecule has 0 saturated heterocycles. The molecule has 1 aliphatic heterocycles. The summed E-state index contributed by atoms with van der Waals surface area (Å²) in [6, 6.07) is 10.9. The Labute approximate surface area is 245 Å². The molecule has 1 fully saturated rings. The molecule has 3 aromatic rings. The number of rotatable bonds is 8. The molecule has 206 valence electrons.